The smallest absolute Gasteiger partial charge is 0.170 e. The highest BCUT2D eigenvalue weighted by molar-refractivity contribution is 7.93. The first-order valence-electron chi connectivity index (χ1n) is 2.05. The van der Waals surface area contributed by atoms with Crippen molar-refractivity contribution >= 4 is 9.84 Å². The third-order valence-corrected chi connectivity index (χ3v) is 1.20. The van der Waals surface area contributed by atoms with Crippen molar-refractivity contribution in [2.45, 2.75) is 6.92 Å². The van der Waals surface area contributed by atoms with Crippen molar-refractivity contribution in [1.82, 2.24) is 0 Å². The van der Waals surface area contributed by atoms with Crippen LogP contribution < -0.4 is 5.73 Å². The van der Waals surface area contributed by atoms with Gasteiger partial charge in [-0.3, -0.25) is 0 Å². The van der Waals surface area contributed by atoms with Crippen LogP contribution in [0.3, 0.4) is 0 Å². The first kappa shape index (κ1) is 7.49. The maximum absolute atomic E-state index is 10.3. The van der Waals surface area contributed by atoms with Crippen molar-refractivity contribution in [2.24, 2.45) is 5.73 Å². The molecule has 8 heavy (non-hydrogen) atoms. The monoisotopic (exact) mass is 135 g/mol. The zero-order chi connectivity index (χ0) is 6.78. The van der Waals surface area contributed by atoms with E-state index in [-0.39, 0.29) is 0 Å². The number of allylic oxidation sites excluding steroid dienone is 1. The van der Waals surface area contributed by atoms with Crippen LogP contribution in [0.15, 0.2) is 11.1 Å². The number of rotatable bonds is 1. The summed E-state index contributed by atoms with van der Waals surface area (Å²) in [5.74, 6) is 0. The summed E-state index contributed by atoms with van der Waals surface area (Å²) in [6.07, 6.45) is 1.10. The van der Waals surface area contributed by atoms with Crippen LogP contribution in [-0.2, 0) is 9.84 Å². The Hall–Kier alpha value is -0.510. The fourth-order valence-electron chi connectivity index (χ4n) is 0.338. The second-order valence-electron chi connectivity index (χ2n) is 1.69. The second-order valence-corrected chi connectivity index (χ2v) is 3.59. The Balaban J connectivity index is 4.36. The summed E-state index contributed by atoms with van der Waals surface area (Å²) in [6.45, 7) is 1.53. The van der Waals surface area contributed by atoms with Gasteiger partial charge in [-0.05, 0) is 6.92 Å². The van der Waals surface area contributed by atoms with Crippen LogP contribution in [-0.4, -0.2) is 14.7 Å². The Labute approximate surface area is 49.1 Å². The van der Waals surface area contributed by atoms with Gasteiger partial charge >= 0.3 is 0 Å². The van der Waals surface area contributed by atoms with Gasteiger partial charge in [-0.2, -0.15) is 0 Å². The highest BCUT2D eigenvalue weighted by Gasteiger charge is 1.92. The lowest BCUT2D eigenvalue weighted by Gasteiger charge is -1.86. The van der Waals surface area contributed by atoms with E-state index in [0.717, 1.165) is 11.7 Å². The molecule has 48 valence electrons. The molecule has 0 aromatic heterocycles. The predicted octanol–water partition coefficient (Wildman–Crippen LogP) is -0.149. The van der Waals surface area contributed by atoms with Crippen LogP contribution in [0.1, 0.15) is 6.92 Å². The molecule has 2 N–H and O–H groups in total. The molecule has 0 aromatic carbocycles. The molecule has 0 fully saturated rings. The highest BCUT2D eigenvalue weighted by atomic mass is 32.2. The van der Waals surface area contributed by atoms with Crippen LogP contribution in [0.2, 0.25) is 0 Å². The van der Waals surface area contributed by atoms with Gasteiger partial charge in [-0.25, -0.2) is 8.42 Å². The van der Waals surface area contributed by atoms with Crippen LogP contribution in [0.5, 0.6) is 0 Å². The molecule has 0 aromatic rings. The summed E-state index contributed by atoms with van der Waals surface area (Å²) < 4.78 is 20.6. The molecule has 0 bridgehead atoms. The molecule has 0 rings (SSSR count). The first-order valence-corrected chi connectivity index (χ1v) is 4.01. The summed E-state index contributed by atoms with van der Waals surface area (Å²) in [6, 6.07) is 0. The fourth-order valence-corrected chi connectivity index (χ4v) is 1.01. The average molecular weight is 135 g/mol. The zero-order valence-corrected chi connectivity index (χ0v) is 5.70. The molecule has 0 aliphatic carbocycles. The molecule has 0 saturated carbocycles. The minimum Gasteiger partial charge on any atom is -0.402 e. The normalized spacial score (nSPS) is 14.0. The predicted molar refractivity (Wildman–Crippen MR) is 32.8 cm³/mol. The van der Waals surface area contributed by atoms with E-state index in [2.05, 4.69) is 0 Å². The van der Waals surface area contributed by atoms with E-state index in [1.54, 1.807) is 0 Å². The Kier molecular flexibility index (Phi) is 2.03. The van der Waals surface area contributed by atoms with Crippen LogP contribution >= 0.6 is 0 Å². The Bertz CT molecular complexity index is 186. The number of hydrogen-bond donors (Lipinski definition) is 1. The van der Waals surface area contributed by atoms with Gasteiger partial charge in [0.1, 0.15) is 0 Å². The molecular weight excluding hydrogens is 126 g/mol. The zero-order valence-electron chi connectivity index (χ0n) is 4.88. The molecule has 0 radical (unpaired) electrons. The molecule has 0 amide bonds. The van der Waals surface area contributed by atoms with Gasteiger partial charge in [0.05, 0.1) is 0 Å². The van der Waals surface area contributed by atoms with E-state index in [1.165, 1.54) is 6.92 Å². The van der Waals surface area contributed by atoms with E-state index in [1.807, 2.05) is 0 Å². The van der Waals surface area contributed by atoms with Gasteiger partial charge < -0.3 is 5.73 Å². The minimum absolute atomic E-state index is 0.313. The first-order chi connectivity index (χ1) is 3.42. The molecule has 4 heteroatoms. The Morgan fingerprint density at radius 3 is 2.00 bits per heavy atom. The van der Waals surface area contributed by atoms with Crippen LogP contribution in [0.4, 0.5) is 0 Å². The van der Waals surface area contributed by atoms with Crippen molar-refractivity contribution in [3.63, 3.8) is 0 Å². The number of hydrogen-bond acceptors (Lipinski definition) is 3. The van der Waals surface area contributed by atoms with E-state index < -0.39 is 9.84 Å². The summed E-state index contributed by atoms with van der Waals surface area (Å²) >= 11 is 0. The van der Waals surface area contributed by atoms with E-state index in [0.29, 0.717) is 5.70 Å². The largest absolute Gasteiger partial charge is 0.402 e. The number of sulfone groups is 1. The van der Waals surface area contributed by atoms with Gasteiger partial charge in [0.2, 0.25) is 0 Å². The topological polar surface area (TPSA) is 60.2 Å². The summed E-state index contributed by atoms with van der Waals surface area (Å²) in [5, 5.41) is 1.02. The van der Waals surface area contributed by atoms with Crippen molar-refractivity contribution in [2.75, 3.05) is 6.26 Å². The van der Waals surface area contributed by atoms with E-state index in [9.17, 15) is 8.42 Å². The lowest BCUT2D eigenvalue weighted by Crippen LogP contribution is -1.96. The summed E-state index contributed by atoms with van der Waals surface area (Å²) in [5.41, 5.74) is 5.37. The van der Waals surface area contributed by atoms with Crippen molar-refractivity contribution < 1.29 is 8.42 Å². The highest BCUT2D eigenvalue weighted by Crippen LogP contribution is 1.87. The van der Waals surface area contributed by atoms with Gasteiger partial charge in [0.15, 0.2) is 9.84 Å². The molecule has 0 aliphatic rings. The third kappa shape index (κ3) is 5.49. The van der Waals surface area contributed by atoms with E-state index >= 15 is 0 Å². The molecule has 0 unspecified atom stereocenters. The number of nitrogens with two attached hydrogens (primary N) is 1. The maximum Gasteiger partial charge on any atom is 0.170 e. The minimum atomic E-state index is -3.01. The lowest BCUT2D eigenvalue weighted by atomic mass is 10.6. The maximum atomic E-state index is 10.3. The standard InChI is InChI=1S/C4H9NO2S/c1-4(5)3-8(2,6)7/h3H,5H2,1-2H3. The molecular formula is C4H9NO2S. The van der Waals surface area contributed by atoms with E-state index in [4.69, 9.17) is 5.73 Å². The fraction of sp³-hybridized carbons (Fsp3) is 0.500. The van der Waals surface area contributed by atoms with Gasteiger partial charge in [0.25, 0.3) is 0 Å². The van der Waals surface area contributed by atoms with Crippen molar-refractivity contribution in [3.8, 4) is 0 Å². The van der Waals surface area contributed by atoms with Crippen molar-refractivity contribution in [3.05, 3.63) is 11.1 Å². The average Bonchev–Trinajstić information content (AvgIpc) is 1.21. The van der Waals surface area contributed by atoms with Gasteiger partial charge in [-0.1, -0.05) is 0 Å². The molecule has 0 heterocycles. The van der Waals surface area contributed by atoms with Gasteiger partial charge in [-0.15, -0.1) is 0 Å². The van der Waals surface area contributed by atoms with Crippen LogP contribution in [0.25, 0.3) is 0 Å². The van der Waals surface area contributed by atoms with Crippen LogP contribution in [0, 0.1) is 0 Å². The molecule has 3 nitrogen and oxygen atoms in total. The quantitative estimate of drug-likeness (QED) is 0.544. The summed E-state index contributed by atoms with van der Waals surface area (Å²) in [7, 11) is -3.01. The Morgan fingerprint density at radius 2 is 2.00 bits per heavy atom. The SMILES string of the molecule is CC(N)=CS(C)(=O)=O. The Morgan fingerprint density at radius 1 is 1.62 bits per heavy atom. The molecule has 0 atom stereocenters. The summed E-state index contributed by atoms with van der Waals surface area (Å²) in [4.78, 5) is 0. The molecule has 0 saturated heterocycles. The third-order valence-electron chi connectivity index (χ3n) is 0.400. The van der Waals surface area contributed by atoms with Crippen molar-refractivity contribution in [1.29, 1.82) is 0 Å². The second kappa shape index (κ2) is 2.17. The van der Waals surface area contributed by atoms with Gasteiger partial charge in [0, 0.05) is 17.4 Å². The molecule has 0 spiro atoms. The lowest BCUT2D eigenvalue weighted by molar-refractivity contribution is 0.610. The molecule has 0 aliphatic heterocycles.